The van der Waals surface area contributed by atoms with Crippen LogP contribution in [-0.4, -0.2) is 4.98 Å². The number of rotatable bonds is 3. The molecule has 1 heterocycles. The van der Waals surface area contributed by atoms with E-state index >= 15 is 0 Å². The molecule has 0 atom stereocenters. The SMILES string of the molecule is Clc1nc[n-]c1Cl.[Au+].c1ccc(P(c2ccccc2)c2ccccc2)cc1. The van der Waals surface area contributed by atoms with Crippen LogP contribution in [0.15, 0.2) is 97.3 Å². The molecule has 0 N–H and O–H groups in total. The fourth-order valence-electron chi connectivity index (χ4n) is 2.42. The number of imidazole rings is 1. The van der Waals surface area contributed by atoms with E-state index in [1.807, 2.05) is 0 Å². The molecule has 0 bridgehead atoms. The maximum atomic E-state index is 5.32. The van der Waals surface area contributed by atoms with Crippen molar-refractivity contribution < 1.29 is 22.4 Å². The topological polar surface area (TPSA) is 27.0 Å². The Balaban J connectivity index is 0.000000278. The van der Waals surface area contributed by atoms with Crippen molar-refractivity contribution >= 4 is 47.0 Å². The summed E-state index contributed by atoms with van der Waals surface area (Å²) in [4.78, 5) is 7.08. The molecular formula is C21H16AuCl2N2P. The van der Waals surface area contributed by atoms with E-state index in [0.717, 1.165) is 0 Å². The van der Waals surface area contributed by atoms with E-state index in [9.17, 15) is 0 Å². The molecule has 2 nitrogen and oxygen atoms in total. The molecule has 3 aromatic carbocycles. The van der Waals surface area contributed by atoms with E-state index < -0.39 is 7.92 Å². The van der Waals surface area contributed by atoms with Crippen LogP contribution in [0.2, 0.25) is 10.3 Å². The first-order valence-electron chi connectivity index (χ1n) is 7.99. The fourth-order valence-corrected chi connectivity index (χ4v) is 4.91. The minimum absolute atomic E-state index is 0. The molecule has 27 heavy (non-hydrogen) atoms. The van der Waals surface area contributed by atoms with E-state index in [-0.39, 0.29) is 32.7 Å². The van der Waals surface area contributed by atoms with Gasteiger partial charge < -0.3 is 9.97 Å². The van der Waals surface area contributed by atoms with Crippen LogP contribution in [0.5, 0.6) is 0 Å². The Morgan fingerprint density at radius 3 is 1.22 bits per heavy atom. The molecule has 0 aliphatic heterocycles. The van der Waals surface area contributed by atoms with Gasteiger partial charge in [0.25, 0.3) is 0 Å². The monoisotopic (exact) mass is 594 g/mol. The summed E-state index contributed by atoms with van der Waals surface area (Å²) in [6.07, 6.45) is 1.31. The number of benzene rings is 3. The van der Waals surface area contributed by atoms with Gasteiger partial charge in [0, 0.05) is 10.3 Å². The average molecular weight is 595 g/mol. The van der Waals surface area contributed by atoms with E-state index in [4.69, 9.17) is 23.2 Å². The number of hydrogen-bond acceptors (Lipinski definition) is 1. The van der Waals surface area contributed by atoms with E-state index in [1.54, 1.807) is 0 Å². The Labute approximate surface area is 186 Å². The maximum Gasteiger partial charge on any atom is 1.00 e. The predicted octanol–water partition coefficient (Wildman–Crippen LogP) is 4.79. The van der Waals surface area contributed by atoms with Crippen LogP contribution in [0.3, 0.4) is 0 Å². The average Bonchev–Trinajstić information content (AvgIpc) is 3.08. The Hall–Kier alpha value is -1.38. The summed E-state index contributed by atoms with van der Waals surface area (Å²) in [6, 6.07) is 32.3. The van der Waals surface area contributed by atoms with Gasteiger partial charge >= 0.3 is 22.4 Å². The number of nitrogens with zero attached hydrogens (tertiary/aromatic N) is 2. The summed E-state index contributed by atoms with van der Waals surface area (Å²) in [5.74, 6) is 0. The second-order valence-corrected chi connectivity index (χ2v) is 8.23. The third-order valence-corrected chi connectivity index (χ3v) is 6.65. The summed E-state index contributed by atoms with van der Waals surface area (Å²) in [6.45, 7) is 0. The van der Waals surface area contributed by atoms with Crippen molar-refractivity contribution in [2.24, 2.45) is 0 Å². The molecule has 1 aromatic heterocycles. The first kappa shape index (κ1) is 21.9. The molecule has 0 fully saturated rings. The molecule has 6 heteroatoms. The zero-order valence-electron chi connectivity index (χ0n) is 14.1. The molecule has 0 amide bonds. The molecule has 0 saturated heterocycles. The Morgan fingerprint density at radius 2 is 1.00 bits per heavy atom. The molecule has 4 aromatic rings. The Morgan fingerprint density at radius 1 is 0.630 bits per heavy atom. The predicted molar refractivity (Wildman–Crippen MR) is 113 cm³/mol. The van der Waals surface area contributed by atoms with Gasteiger partial charge in [-0.1, -0.05) is 121 Å². The van der Waals surface area contributed by atoms with Gasteiger partial charge in [0.15, 0.2) is 0 Å². The van der Waals surface area contributed by atoms with Crippen molar-refractivity contribution in [1.29, 1.82) is 0 Å². The van der Waals surface area contributed by atoms with Gasteiger partial charge in [-0.05, 0) is 23.8 Å². The summed E-state index contributed by atoms with van der Waals surface area (Å²) in [5, 5.41) is 4.73. The van der Waals surface area contributed by atoms with Crippen molar-refractivity contribution in [1.82, 2.24) is 9.97 Å². The second kappa shape index (κ2) is 11.5. The standard InChI is InChI=1S/C18H15P.C3HCl2N2.Au/c1-4-10-16(11-5-1)19(17-12-6-2-7-13-17)18-14-8-3-9-15-18;4-2-3(5)7-1-6-2;/h1-15H;1H;/q;-1;+1. The van der Waals surface area contributed by atoms with E-state index in [2.05, 4.69) is 101 Å². The van der Waals surface area contributed by atoms with Crippen molar-refractivity contribution in [3.63, 3.8) is 0 Å². The third-order valence-electron chi connectivity index (χ3n) is 3.56. The Kier molecular flexibility index (Phi) is 9.30. The largest absolute Gasteiger partial charge is 1.00 e. The van der Waals surface area contributed by atoms with Gasteiger partial charge in [-0.2, -0.15) is 0 Å². The quantitative estimate of drug-likeness (QED) is 0.252. The zero-order chi connectivity index (χ0) is 18.2. The van der Waals surface area contributed by atoms with Crippen LogP contribution < -0.4 is 20.9 Å². The summed E-state index contributed by atoms with van der Waals surface area (Å²) < 4.78 is 0. The molecule has 0 aliphatic carbocycles. The Bertz CT molecular complexity index is 808. The second-order valence-electron chi connectivity index (χ2n) is 5.30. The number of halogens is 2. The van der Waals surface area contributed by atoms with Crippen LogP contribution in [0.4, 0.5) is 0 Å². The van der Waals surface area contributed by atoms with Crippen LogP contribution in [-0.2, 0) is 22.4 Å². The van der Waals surface area contributed by atoms with Gasteiger partial charge in [-0.3, -0.25) is 0 Å². The molecule has 0 radical (unpaired) electrons. The smallest absolute Gasteiger partial charge is 0.432 e. The van der Waals surface area contributed by atoms with Crippen molar-refractivity contribution in [2.45, 2.75) is 0 Å². The molecule has 0 aliphatic rings. The van der Waals surface area contributed by atoms with Gasteiger partial charge in [0.1, 0.15) is 0 Å². The molecule has 0 saturated carbocycles. The summed E-state index contributed by atoms with van der Waals surface area (Å²) >= 11 is 10.6. The van der Waals surface area contributed by atoms with Gasteiger partial charge in [-0.15, -0.1) is 0 Å². The first-order valence-corrected chi connectivity index (χ1v) is 10.1. The van der Waals surface area contributed by atoms with E-state index in [0.29, 0.717) is 0 Å². The zero-order valence-corrected chi connectivity index (χ0v) is 18.7. The molecule has 0 unspecified atom stereocenters. The van der Waals surface area contributed by atoms with Crippen LogP contribution in [0.1, 0.15) is 0 Å². The first-order chi connectivity index (χ1) is 12.8. The number of aromatic nitrogens is 2. The minimum atomic E-state index is -0.446. The minimum Gasteiger partial charge on any atom is -0.432 e. The van der Waals surface area contributed by atoms with Crippen LogP contribution in [0.25, 0.3) is 0 Å². The van der Waals surface area contributed by atoms with Gasteiger partial charge in [-0.25, -0.2) is 0 Å². The van der Waals surface area contributed by atoms with Crippen molar-refractivity contribution in [2.75, 3.05) is 0 Å². The van der Waals surface area contributed by atoms with Crippen molar-refractivity contribution in [3.05, 3.63) is 108 Å². The third kappa shape index (κ3) is 6.33. The summed E-state index contributed by atoms with van der Waals surface area (Å²) in [5.41, 5.74) is 0. The fraction of sp³-hybridized carbons (Fsp3) is 0. The summed E-state index contributed by atoms with van der Waals surface area (Å²) in [7, 11) is -0.446. The van der Waals surface area contributed by atoms with E-state index in [1.165, 1.54) is 22.2 Å². The number of hydrogen-bond donors (Lipinski definition) is 0. The van der Waals surface area contributed by atoms with Gasteiger partial charge in [0.05, 0.1) is 0 Å². The molecule has 0 spiro atoms. The molecular weight excluding hydrogens is 579 g/mol. The van der Waals surface area contributed by atoms with Gasteiger partial charge in [0.2, 0.25) is 0 Å². The maximum absolute atomic E-state index is 5.32. The van der Waals surface area contributed by atoms with Crippen molar-refractivity contribution in [3.8, 4) is 0 Å². The molecule has 4 rings (SSSR count). The normalized spacial score (nSPS) is 9.89. The van der Waals surface area contributed by atoms with Crippen LogP contribution in [0, 0.1) is 0 Å². The molecule has 140 valence electrons. The van der Waals surface area contributed by atoms with Crippen LogP contribution >= 0.6 is 31.1 Å².